The van der Waals surface area contributed by atoms with Gasteiger partial charge in [-0.2, -0.15) is 0 Å². The Morgan fingerprint density at radius 2 is 2.00 bits per heavy atom. The first-order chi connectivity index (χ1) is 9.06. The van der Waals surface area contributed by atoms with Gasteiger partial charge in [-0.3, -0.25) is 0 Å². The number of methoxy groups -OCH3 is 1. The van der Waals surface area contributed by atoms with Crippen LogP contribution in [0.2, 0.25) is 0 Å². The van der Waals surface area contributed by atoms with Gasteiger partial charge in [0, 0.05) is 6.54 Å². The molecule has 0 unspecified atom stereocenters. The second-order valence-corrected chi connectivity index (χ2v) is 4.20. The molecular formula is C13H20N2O4. The lowest BCUT2D eigenvalue weighted by atomic mass is 10.2. The summed E-state index contributed by atoms with van der Waals surface area (Å²) in [5.41, 5.74) is 0.925. The molecule has 19 heavy (non-hydrogen) atoms. The molecule has 1 aromatic carbocycles. The zero-order valence-electron chi connectivity index (χ0n) is 11.1. The predicted octanol–water partition coefficient (Wildman–Crippen LogP) is 0.236. The Balaban J connectivity index is 2.40. The molecular weight excluding hydrogens is 248 g/mol. The normalized spacial score (nSPS) is 13.5. The Kier molecular flexibility index (Phi) is 6.11. The number of carbonyl (C=O) groups is 1. The van der Waals surface area contributed by atoms with Crippen molar-refractivity contribution in [2.45, 2.75) is 25.6 Å². The average molecular weight is 268 g/mol. The average Bonchev–Trinajstić information content (AvgIpc) is 2.42. The van der Waals surface area contributed by atoms with E-state index in [9.17, 15) is 9.90 Å². The second-order valence-electron chi connectivity index (χ2n) is 4.20. The Bertz CT molecular complexity index is 392. The third-order valence-corrected chi connectivity index (χ3v) is 2.71. The van der Waals surface area contributed by atoms with Crippen LogP contribution >= 0.6 is 0 Å². The van der Waals surface area contributed by atoms with Crippen LogP contribution in [0.1, 0.15) is 12.5 Å². The minimum atomic E-state index is -0.809. The number of nitrogens with one attached hydrogen (secondary N) is 2. The summed E-state index contributed by atoms with van der Waals surface area (Å²) < 4.78 is 5.03. The van der Waals surface area contributed by atoms with E-state index in [1.54, 1.807) is 19.2 Å². The maximum Gasteiger partial charge on any atom is 0.315 e. The molecule has 1 aromatic rings. The molecule has 0 aliphatic carbocycles. The topological polar surface area (TPSA) is 90.8 Å². The fourth-order valence-corrected chi connectivity index (χ4v) is 1.46. The van der Waals surface area contributed by atoms with Gasteiger partial charge in [-0.15, -0.1) is 0 Å². The lowest BCUT2D eigenvalue weighted by Gasteiger charge is -2.19. The summed E-state index contributed by atoms with van der Waals surface area (Å²) in [6.45, 7) is 1.55. The number of hydrogen-bond acceptors (Lipinski definition) is 4. The zero-order chi connectivity index (χ0) is 14.3. The van der Waals surface area contributed by atoms with Gasteiger partial charge in [0.25, 0.3) is 0 Å². The fraction of sp³-hybridized carbons (Fsp3) is 0.462. The maximum atomic E-state index is 11.5. The van der Waals surface area contributed by atoms with Gasteiger partial charge in [-0.25, -0.2) is 4.79 Å². The molecule has 0 aromatic heterocycles. The van der Waals surface area contributed by atoms with E-state index < -0.39 is 18.2 Å². The van der Waals surface area contributed by atoms with Crippen molar-refractivity contribution in [1.29, 1.82) is 0 Å². The van der Waals surface area contributed by atoms with Crippen LogP contribution in [0.5, 0.6) is 5.75 Å². The van der Waals surface area contributed by atoms with E-state index in [-0.39, 0.29) is 6.61 Å². The molecule has 6 nitrogen and oxygen atoms in total. The van der Waals surface area contributed by atoms with Gasteiger partial charge < -0.3 is 25.6 Å². The minimum absolute atomic E-state index is 0.312. The highest BCUT2D eigenvalue weighted by atomic mass is 16.5. The van der Waals surface area contributed by atoms with Crippen molar-refractivity contribution in [3.63, 3.8) is 0 Å². The molecule has 0 aliphatic heterocycles. The zero-order valence-corrected chi connectivity index (χ0v) is 11.1. The van der Waals surface area contributed by atoms with Crippen LogP contribution in [0.4, 0.5) is 4.79 Å². The number of urea groups is 1. The monoisotopic (exact) mass is 268 g/mol. The van der Waals surface area contributed by atoms with E-state index in [0.29, 0.717) is 6.54 Å². The van der Waals surface area contributed by atoms with Gasteiger partial charge in [0.2, 0.25) is 0 Å². The van der Waals surface area contributed by atoms with Crippen LogP contribution in [-0.2, 0) is 6.54 Å². The molecule has 0 heterocycles. The first kappa shape index (κ1) is 15.3. The number of amides is 2. The number of benzene rings is 1. The highest BCUT2D eigenvalue weighted by Crippen LogP contribution is 2.10. The van der Waals surface area contributed by atoms with Crippen LogP contribution in [0, 0.1) is 0 Å². The molecule has 0 fully saturated rings. The smallest absolute Gasteiger partial charge is 0.315 e. The number of rotatable bonds is 6. The molecule has 0 saturated carbocycles. The molecule has 0 saturated heterocycles. The summed E-state index contributed by atoms with van der Waals surface area (Å²) in [5.74, 6) is 0.752. The minimum Gasteiger partial charge on any atom is -0.497 e. The van der Waals surface area contributed by atoms with Crippen molar-refractivity contribution in [3.05, 3.63) is 29.8 Å². The summed E-state index contributed by atoms with van der Waals surface area (Å²) in [4.78, 5) is 11.5. The van der Waals surface area contributed by atoms with Crippen molar-refractivity contribution in [3.8, 4) is 5.75 Å². The van der Waals surface area contributed by atoms with E-state index in [1.807, 2.05) is 12.1 Å². The van der Waals surface area contributed by atoms with Crippen LogP contribution in [0.3, 0.4) is 0 Å². The van der Waals surface area contributed by atoms with E-state index >= 15 is 0 Å². The third-order valence-electron chi connectivity index (χ3n) is 2.71. The Morgan fingerprint density at radius 1 is 1.37 bits per heavy atom. The Morgan fingerprint density at radius 3 is 2.47 bits per heavy atom. The van der Waals surface area contributed by atoms with Crippen molar-refractivity contribution in [2.75, 3.05) is 13.7 Å². The first-order valence-electron chi connectivity index (χ1n) is 6.03. The molecule has 0 radical (unpaired) electrons. The number of aliphatic hydroxyl groups excluding tert-OH is 2. The molecule has 0 aliphatic rings. The highest BCUT2D eigenvalue weighted by molar-refractivity contribution is 5.74. The van der Waals surface area contributed by atoms with E-state index in [2.05, 4.69) is 10.6 Å². The van der Waals surface area contributed by atoms with Crippen LogP contribution < -0.4 is 15.4 Å². The standard InChI is InChI=1S/C13H20N2O4/c1-9(17)12(8-16)15-13(18)14-7-10-3-5-11(19-2)6-4-10/h3-6,9,12,16-17H,7-8H2,1-2H3,(H2,14,15,18)/t9-,12+/m1/s1. The molecule has 0 spiro atoms. The van der Waals surface area contributed by atoms with Crippen LogP contribution in [-0.4, -0.2) is 42.1 Å². The van der Waals surface area contributed by atoms with E-state index in [0.717, 1.165) is 11.3 Å². The highest BCUT2D eigenvalue weighted by Gasteiger charge is 2.15. The van der Waals surface area contributed by atoms with Crippen LogP contribution in [0.15, 0.2) is 24.3 Å². The number of carbonyl (C=O) groups excluding carboxylic acids is 1. The molecule has 2 amide bonds. The summed E-state index contributed by atoms with van der Waals surface area (Å²) in [6.07, 6.45) is -0.809. The maximum absolute atomic E-state index is 11.5. The Labute approximate surface area is 112 Å². The van der Waals surface area contributed by atoms with Crippen molar-refractivity contribution in [1.82, 2.24) is 10.6 Å². The quantitative estimate of drug-likeness (QED) is 0.594. The molecule has 6 heteroatoms. The van der Waals surface area contributed by atoms with Crippen LogP contribution in [0.25, 0.3) is 0 Å². The second kappa shape index (κ2) is 7.60. The summed E-state index contributed by atoms with van der Waals surface area (Å²) in [5, 5.41) is 23.4. The number of aliphatic hydroxyl groups is 2. The van der Waals surface area contributed by atoms with Gasteiger partial charge in [0.1, 0.15) is 5.75 Å². The van der Waals surface area contributed by atoms with Gasteiger partial charge in [-0.1, -0.05) is 12.1 Å². The number of ether oxygens (including phenoxy) is 1. The van der Waals surface area contributed by atoms with Crippen molar-refractivity contribution < 1.29 is 19.7 Å². The van der Waals surface area contributed by atoms with Crippen molar-refractivity contribution in [2.24, 2.45) is 0 Å². The number of hydrogen-bond donors (Lipinski definition) is 4. The molecule has 106 valence electrons. The molecule has 4 N–H and O–H groups in total. The summed E-state index contributed by atoms with van der Waals surface area (Å²) in [7, 11) is 1.59. The Hall–Kier alpha value is -1.79. The first-order valence-corrected chi connectivity index (χ1v) is 6.03. The fourth-order valence-electron chi connectivity index (χ4n) is 1.46. The van der Waals surface area contributed by atoms with E-state index in [4.69, 9.17) is 9.84 Å². The van der Waals surface area contributed by atoms with Gasteiger partial charge >= 0.3 is 6.03 Å². The SMILES string of the molecule is COc1ccc(CNC(=O)N[C@@H](CO)[C@@H](C)O)cc1. The van der Waals surface area contributed by atoms with Crippen molar-refractivity contribution >= 4 is 6.03 Å². The summed E-state index contributed by atoms with van der Waals surface area (Å²) >= 11 is 0. The van der Waals surface area contributed by atoms with E-state index in [1.165, 1.54) is 6.92 Å². The third kappa shape index (κ3) is 5.15. The predicted molar refractivity (Wildman–Crippen MR) is 70.9 cm³/mol. The van der Waals surface area contributed by atoms with Gasteiger partial charge in [0.05, 0.1) is 25.9 Å². The molecule has 0 bridgehead atoms. The lowest BCUT2D eigenvalue weighted by Crippen LogP contribution is -2.48. The molecule has 1 rings (SSSR count). The van der Waals surface area contributed by atoms with Gasteiger partial charge in [-0.05, 0) is 24.6 Å². The largest absolute Gasteiger partial charge is 0.497 e. The molecule has 2 atom stereocenters. The van der Waals surface area contributed by atoms with Gasteiger partial charge in [0.15, 0.2) is 0 Å². The summed E-state index contributed by atoms with van der Waals surface area (Å²) in [6, 6.07) is 6.20. The lowest BCUT2D eigenvalue weighted by molar-refractivity contribution is 0.107.